The van der Waals surface area contributed by atoms with E-state index >= 15 is 0 Å². The molecule has 0 aliphatic carbocycles. The Kier molecular flexibility index (Phi) is 4.19. The third-order valence-corrected chi connectivity index (χ3v) is 5.03. The highest BCUT2D eigenvalue weighted by atomic mass is 32.1. The predicted octanol–water partition coefficient (Wildman–Crippen LogP) is 4.06. The van der Waals surface area contributed by atoms with Crippen LogP contribution in [0.4, 0.5) is 10.1 Å². The van der Waals surface area contributed by atoms with Crippen molar-refractivity contribution in [2.75, 3.05) is 11.4 Å². The van der Waals surface area contributed by atoms with Crippen molar-refractivity contribution >= 4 is 22.9 Å². The van der Waals surface area contributed by atoms with Gasteiger partial charge in [0.1, 0.15) is 17.3 Å². The van der Waals surface area contributed by atoms with Crippen molar-refractivity contribution in [2.24, 2.45) is 0 Å². The fraction of sp³-hybridized carbons (Fsp3) is 0.158. The molecular formula is C19H15FN2O2S. The summed E-state index contributed by atoms with van der Waals surface area (Å²) in [7, 11) is 0. The highest BCUT2D eigenvalue weighted by Gasteiger charge is 2.29. The highest BCUT2D eigenvalue weighted by Crippen LogP contribution is 2.32. The molecule has 6 heteroatoms. The standard InChI is InChI=1S/C19H15FN2O2S/c20-14-6-8-15(9-7-14)22-11-10-16-17(18(22)23)25-19(21-16)24-12-13-4-2-1-3-5-13/h1-9H,10-12H2. The first-order chi connectivity index (χ1) is 12.2. The molecule has 0 atom stereocenters. The van der Waals surface area contributed by atoms with Gasteiger partial charge in [-0.2, -0.15) is 0 Å². The Labute approximate surface area is 148 Å². The molecule has 1 aliphatic rings. The van der Waals surface area contributed by atoms with Crippen LogP contribution in [0.25, 0.3) is 0 Å². The van der Waals surface area contributed by atoms with Gasteiger partial charge in [-0.15, -0.1) is 0 Å². The number of anilines is 1. The molecule has 0 fully saturated rings. The number of benzene rings is 2. The molecule has 2 aromatic carbocycles. The van der Waals surface area contributed by atoms with E-state index in [9.17, 15) is 9.18 Å². The Morgan fingerprint density at radius 1 is 1.12 bits per heavy atom. The first-order valence-corrected chi connectivity index (χ1v) is 8.76. The Morgan fingerprint density at radius 2 is 1.88 bits per heavy atom. The average Bonchev–Trinajstić information content (AvgIpc) is 3.06. The lowest BCUT2D eigenvalue weighted by Crippen LogP contribution is -2.36. The minimum Gasteiger partial charge on any atom is -0.465 e. The van der Waals surface area contributed by atoms with Crippen molar-refractivity contribution in [2.45, 2.75) is 13.0 Å². The van der Waals surface area contributed by atoms with Crippen molar-refractivity contribution in [1.82, 2.24) is 4.98 Å². The van der Waals surface area contributed by atoms with Crippen LogP contribution in [-0.4, -0.2) is 17.4 Å². The largest absolute Gasteiger partial charge is 0.465 e. The van der Waals surface area contributed by atoms with Gasteiger partial charge in [0.2, 0.25) is 0 Å². The summed E-state index contributed by atoms with van der Waals surface area (Å²) in [5.41, 5.74) is 2.52. The van der Waals surface area contributed by atoms with Crippen LogP contribution in [-0.2, 0) is 13.0 Å². The van der Waals surface area contributed by atoms with Gasteiger partial charge in [0.25, 0.3) is 11.1 Å². The normalized spacial score (nSPS) is 13.6. The molecule has 1 aromatic heterocycles. The summed E-state index contributed by atoms with van der Waals surface area (Å²) in [4.78, 5) is 19.4. The second kappa shape index (κ2) is 6.64. The zero-order valence-corrected chi connectivity index (χ0v) is 14.1. The van der Waals surface area contributed by atoms with E-state index in [0.29, 0.717) is 35.3 Å². The lowest BCUT2D eigenvalue weighted by Gasteiger charge is -2.25. The van der Waals surface area contributed by atoms with Crippen LogP contribution in [0.15, 0.2) is 54.6 Å². The SMILES string of the molecule is O=C1c2sc(OCc3ccccc3)nc2CCN1c1ccc(F)cc1. The lowest BCUT2D eigenvalue weighted by atomic mass is 10.1. The van der Waals surface area contributed by atoms with E-state index in [2.05, 4.69) is 4.98 Å². The van der Waals surface area contributed by atoms with Crippen LogP contribution in [0.2, 0.25) is 0 Å². The number of carbonyl (C=O) groups is 1. The molecule has 0 radical (unpaired) electrons. The fourth-order valence-electron chi connectivity index (χ4n) is 2.76. The highest BCUT2D eigenvalue weighted by molar-refractivity contribution is 7.15. The van der Waals surface area contributed by atoms with Crippen molar-refractivity contribution in [3.05, 3.63) is 76.5 Å². The number of hydrogen-bond acceptors (Lipinski definition) is 4. The molecule has 0 unspecified atom stereocenters. The van der Waals surface area contributed by atoms with E-state index in [0.717, 1.165) is 11.3 Å². The number of halogens is 1. The molecule has 2 heterocycles. The number of hydrogen-bond donors (Lipinski definition) is 0. The monoisotopic (exact) mass is 354 g/mol. The van der Waals surface area contributed by atoms with Crippen molar-refractivity contribution in [3.63, 3.8) is 0 Å². The van der Waals surface area contributed by atoms with Gasteiger partial charge in [-0.25, -0.2) is 9.37 Å². The minimum atomic E-state index is -0.316. The van der Waals surface area contributed by atoms with E-state index in [1.165, 1.54) is 23.5 Å². The molecule has 1 amide bonds. The van der Waals surface area contributed by atoms with Gasteiger partial charge >= 0.3 is 0 Å². The number of carbonyl (C=O) groups excluding carboxylic acids is 1. The van der Waals surface area contributed by atoms with E-state index in [1.54, 1.807) is 17.0 Å². The summed E-state index contributed by atoms with van der Waals surface area (Å²) >= 11 is 1.27. The van der Waals surface area contributed by atoms with E-state index in [1.807, 2.05) is 30.3 Å². The summed E-state index contributed by atoms with van der Waals surface area (Å²) in [6, 6.07) is 15.8. The molecular weight excluding hydrogens is 339 g/mol. The summed E-state index contributed by atoms with van der Waals surface area (Å²) in [6.45, 7) is 0.947. The zero-order chi connectivity index (χ0) is 17.2. The van der Waals surface area contributed by atoms with Crippen molar-refractivity contribution < 1.29 is 13.9 Å². The van der Waals surface area contributed by atoms with E-state index < -0.39 is 0 Å². The lowest BCUT2D eigenvalue weighted by molar-refractivity contribution is 0.0984. The number of nitrogens with zero attached hydrogens (tertiary/aromatic N) is 2. The number of aromatic nitrogens is 1. The second-order valence-electron chi connectivity index (χ2n) is 5.71. The molecule has 0 saturated heterocycles. The third kappa shape index (κ3) is 3.25. The van der Waals surface area contributed by atoms with Crippen LogP contribution in [0.5, 0.6) is 5.19 Å². The summed E-state index contributed by atoms with van der Waals surface area (Å²) in [5.74, 6) is -0.428. The number of rotatable bonds is 4. The number of thiazole rings is 1. The molecule has 4 rings (SSSR count). The van der Waals surface area contributed by atoms with Crippen LogP contribution in [0.1, 0.15) is 20.9 Å². The second-order valence-corrected chi connectivity index (χ2v) is 6.67. The van der Waals surface area contributed by atoms with Crippen molar-refractivity contribution in [3.8, 4) is 5.19 Å². The van der Waals surface area contributed by atoms with Crippen molar-refractivity contribution in [1.29, 1.82) is 0 Å². The van der Waals surface area contributed by atoms with Gasteiger partial charge in [-0.3, -0.25) is 4.79 Å². The van der Waals surface area contributed by atoms with Crippen LogP contribution in [0.3, 0.4) is 0 Å². The van der Waals surface area contributed by atoms with Crippen LogP contribution >= 0.6 is 11.3 Å². The maximum Gasteiger partial charge on any atom is 0.274 e. The summed E-state index contributed by atoms with van der Waals surface area (Å²) < 4.78 is 18.8. The van der Waals surface area contributed by atoms with Gasteiger partial charge in [0.15, 0.2) is 0 Å². The zero-order valence-electron chi connectivity index (χ0n) is 13.3. The summed E-state index contributed by atoms with van der Waals surface area (Å²) in [5, 5.41) is 0.503. The molecule has 0 bridgehead atoms. The van der Waals surface area contributed by atoms with Gasteiger partial charge in [-0.1, -0.05) is 41.7 Å². The average molecular weight is 354 g/mol. The van der Waals surface area contributed by atoms with Crippen LogP contribution < -0.4 is 9.64 Å². The smallest absolute Gasteiger partial charge is 0.274 e. The van der Waals surface area contributed by atoms with Gasteiger partial charge in [-0.05, 0) is 29.8 Å². The molecule has 0 saturated carbocycles. The Morgan fingerprint density at radius 3 is 2.64 bits per heavy atom. The molecule has 126 valence electrons. The Bertz CT molecular complexity index is 894. The first kappa shape index (κ1) is 15.8. The molecule has 4 nitrogen and oxygen atoms in total. The maximum absolute atomic E-state index is 13.1. The van der Waals surface area contributed by atoms with Crippen LogP contribution in [0, 0.1) is 5.82 Å². The molecule has 1 aliphatic heterocycles. The number of fused-ring (bicyclic) bond motifs is 1. The molecule has 0 spiro atoms. The number of ether oxygens (including phenoxy) is 1. The number of amides is 1. The Balaban J connectivity index is 1.51. The fourth-order valence-corrected chi connectivity index (χ4v) is 3.67. The molecule has 0 N–H and O–H groups in total. The predicted molar refractivity (Wildman–Crippen MR) is 94.7 cm³/mol. The topological polar surface area (TPSA) is 42.4 Å². The van der Waals surface area contributed by atoms with E-state index in [4.69, 9.17) is 4.74 Å². The van der Waals surface area contributed by atoms with Gasteiger partial charge in [0.05, 0.1) is 5.69 Å². The molecule has 25 heavy (non-hydrogen) atoms. The Hall–Kier alpha value is -2.73. The maximum atomic E-state index is 13.1. The van der Waals surface area contributed by atoms with E-state index in [-0.39, 0.29) is 11.7 Å². The quantitative estimate of drug-likeness (QED) is 0.709. The van der Waals surface area contributed by atoms with Gasteiger partial charge in [0, 0.05) is 18.7 Å². The minimum absolute atomic E-state index is 0.111. The summed E-state index contributed by atoms with van der Waals surface area (Å²) in [6.07, 6.45) is 0.656. The third-order valence-electron chi connectivity index (χ3n) is 4.03. The molecule has 3 aromatic rings. The van der Waals surface area contributed by atoms with Gasteiger partial charge < -0.3 is 9.64 Å². The first-order valence-electron chi connectivity index (χ1n) is 7.94.